The molecule has 2 aromatic rings. The Bertz CT molecular complexity index is 804. The third kappa shape index (κ3) is 3.91. The van der Waals surface area contributed by atoms with E-state index in [0.29, 0.717) is 11.7 Å². The Balaban J connectivity index is 1.45. The van der Waals surface area contributed by atoms with E-state index in [1.807, 2.05) is 0 Å². The van der Waals surface area contributed by atoms with Crippen molar-refractivity contribution in [2.75, 3.05) is 5.75 Å². The van der Waals surface area contributed by atoms with Gasteiger partial charge in [-0.25, -0.2) is 9.97 Å². The Morgan fingerprint density at radius 1 is 1.27 bits per heavy atom. The molecule has 0 aliphatic heterocycles. The van der Waals surface area contributed by atoms with Crippen LogP contribution in [-0.2, 0) is 22.4 Å². The molecule has 0 amide bonds. The number of nitrogens with zero attached hydrogens (tertiary/aromatic N) is 2. The van der Waals surface area contributed by atoms with E-state index in [1.165, 1.54) is 40.4 Å². The summed E-state index contributed by atoms with van der Waals surface area (Å²) in [6, 6.07) is 0. The fraction of sp³-hybridized carbons (Fsp3) is 0.650. The van der Waals surface area contributed by atoms with E-state index < -0.39 is 0 Å². The summed E-state index contributed by atoms with van der Waals surface area (Å²) in [5.74, 6) is 1.62. The van der Waals surface area contributed by atoms with Crippen molar-refractivity contribution >= 4 is 39.3 Å². The molecule has 2 heterocycles. The number of hydrogen-bond donors (Lipinski definition) is 0. The van der Waals surface area contributed by atoms with Gasteiger partial charge in [0.25, 0.3) is 0 Å². The fourth-order valence-corrected chi connectivity index (χ4v) is 6.41. The molecule has 0 aromatic carbocycles. The molecule has 140 valence electrons. The number of thiophene rings is 1. The zero-order valence-corrected chi connectivity index (χ0v) is 17.1. The predicted octanol–water partition coefficient (Wildman–Crippen LogP) is 5.03. The van der Waals surface area contributed by atoms with Crippen LogP contribution in [0, 0.1) is 11.8 Å². The molecule has 1 saturated carbocycles. The third-order valence-corrected chi connectivity index (χ3v) is 7.70. The van der Waals surface area contributed by atoms with Crippen molar-refractivity contribution in [1.82, 2.24) is 9.97 Å². The van der Waals surface area contributed by atoms with Crippen LogP contribution in [0.4, 0.5) is 0 Å². The van der Waals surface area contributed by atoms with E-state index in [2.05, 4.69) is 23.8 Å². The summed E-state index contributed by atoms with van der Waals surface area (Å²) in [5.41, 5.74) is 1.42. The smallest absolute Gasteiger partial charge is 0.316 e. The lowest BCUT2D eigenvalue weighted by Crippen LogP contribution is -2.25. The first kappa shape index (κ1) is 18.2. The minimum atomic E-state index is -0.112. The van der Waals surface area contributed by atoms with Gasteiger partial charge in [0.15, 0.2) is 0 Å². The molecule has 0 bridgehead atoms. The van der Waals surface area contributed by atoms with Gasteiger partial charge in [-0.3, -0.25) is 4.79 Å². The van der Waals surface area contributed by atoms with Crippen molar-refractivity contribution in [3.8, 4) is 0 Å². The minimum absolute atomic E-state index is 0.104. The van der Waals surface area contributed by atoms with Crippen LogP contribution in [0.25, 0.3) is 10.2 Å². The molecular weight excluding hydrogens is 364 g/mol. The molecule has 0 saturated heterocycles. The van der Waals surface area contributed by atoms with Crippen LogP contribution in [-0.4, -0.2) is 27.8 Å². The van der Waals surface area contributed by atoms with Crippen molar-refractivity contribution < 1.29 is 9.53 Å². The highest BCUT2D eigenvalue weighted by molar-refractivity contribution is 8.00. The first-order chi connectivity index (χ1) is 12.6. The summed E-state index contributed by atoms with van der Waals surface area (Å²) in [5, 5.41) is 2.12. The maximum absolute atomic E-state index is 12.3. The Kier molecular flexibility index (Phi) is 5.50. The van der Waals surface area contributed by atoms with E-state index in [-0.39, 0.29) is 12.1 Å². The number of hydrogen-bond acceptors (Lipinski definition) is 6. The molecule has 2 aromatic heterocycles. The number of aryl methyl sites for hydroxylation is 1. The van der Waals surface area contributed by atoms with Crippen LogP contribution in [0.2, 0.25) is 0 Å². The van der Waals surface area contributed by atoms with Gasteiger partial charge in [-0.2, -0.15) is 0 Å². The van der Waals surface area contributed by atoms with Crippen LogP contribution < -0.4 is 0 Å². The van der Waals surface area contributed by atoms with Crippen molar-refractivity contribution in [2.24, 2.45) is 11.8 Å². The third-order valence-electron chi connectivity index (χ3n) is 5.57. The maximum Gasteiger partial charge on any atom is 0.316 e. The Morgan fingerprint density at radius 3 is 3.00 bits per heavy atom. The number of aromatic nitrogens is 2. The lowest BCUT2D eigenvalue weighted by Gasteiger charge is -2.26. The standard InChI is InChI=1S/C20H26N2O2S2/c1-12-4-3-5-14(8-12)24-17(23)10-25-19-18-15-7-6-13(2)9-16(15)26-20(18)22-11-21-19/h11-14H,3-10H2,1-2H3/t12-,13+,14+/m0/s1. The monoisotopic (exact) mass is 390 g/mol. The normalized spacial score (nSPS) is 25.8. The molecule has 4 nitrogen and oxygen atoms in total. The molecule has 0 radical (unpaired) electrons. The molecule has 2 aliphatic rings. The number of fused-ring (bicyclic) bond motifs is 3. The maximum atomic E-state index is 12.3. The van der Waals surface area contributed by atoms with Gasteiger partial charge >= 0.3 is 5.97 Å². The summed E-state index contributed by atoms with van der Waals surface area (Å²) in [6.07, 6.45) is 9.63. The van der Waals surface area contributed by atoms with Gasteiger partial charge in [0.1, 0.15) is 22.3 Å². The summed E-state index contributed by atoms with van der Waals surface area (Å²) in [4.78, 5) is 23.8. The van der Waals surface area contributed by atoms with E-state index in [9.17, 15) is 4.79 Å². The van der Waals surface area contributed by atoms with Crippen LogP contribution in [0.15, 0.2) is 11.4 Å². The first-order valence-electron chi connectivity index (χ1n) is 9.67. The second kappa shape index (κ2) is 7.85. The van der Waals surface area contributed by atoms with Gasteiger partial charge in [-0.1, -0.05) is 32.0 Å². The van der Waals surface area contributed by atoms with E-state index >= 15 is 0 Å². The summed E-state index contributed by atoms with van der Waals surface area (Å²) in [7, 11) is 0. The van der Waals surface area contributed by atoms with Crippen LogP contribution >= 0.6 is 23.1 Å². The van der Waals surface area contributed by atoms with Gasteiger partial charge in [0, 0.05) is 10.3 Å². The average molecular weight is 391 g/mol. The van der Waals surface area contributed by atoms with Crippen molar-refractivity contribution in [3.05, 3.63) is 16.8 Å². The van der Waals surface area contributed by atoms with Gasteiger partial charge in [0.05, 0.1) is 5.75 Å². The summed E-state index contributed by atoms with van der Waals surface area (Å²) < 4.78 is 5.70. The summed E-state index contributed by atoms with van der Waals surface area (Å²) in [6.45, 7) is 4.56. The number of carbonyl (C=O) groups excluding carboxylic acids is 1. The molecule has 6 heteroatoms. The van der Waals surface area contributed by atoms with Crippen LogP contribution in [0.3, 0.4) is 0 Å². The molecule has 0 N–H and O–H groups in total. The molecule has 26 heavy (non-hydrogen) atoms. The lowest BCUT2D eigenvalue weighted by atomic mass is 9.89. The largest absolute Gasteiger partial charge is 0.462 e. The Hall–Kier alpha value is -1.14. The zero-order valence-electron chi connectivity index (χ0n) is 15.5. The second-order valence-corrected chi connectivity index (χ2v) is 9.93. The summed E-state index contributed by atoms with van der Waals surface area (Å²) >= 11 is 3.31. The SMILES string of the molecule is C[C@@H]1CCc2c(sc3ncnc(SCC(=O)O[C@@H]4CCC[C@H](C)C4)c23)C1. The molecule has 3 atom stereocenters. The van der Waals surface area contributed by atoms with E-state index in [0.717, 1.165) is 47.9 Å². The Morgan fingerprint density at radius 2 is 2.15 bits per heavy atom. The lowest BCUT2D eigenvalue weighted by molar-refractivity contribution is -0.147. The quantitative estimate of drug-likeness (QED) is 0.416. The molecule has 2 aliphatic carbocycles. The molecule has 0 spiro atoms. The number of esters is 1. The number of thioether (sulfide) groups is 1. The fourth-order valence-electron chi connectivity index (χ4n) is 4.19. The van der Waals surface area contributed by atoms with Crippen molar-refractivity contribution in [1.29, 1.82) is 0 Å². The highest BCUT2D eigenvalue weighted by Crippen LogP contribution is 2.40. The molecule has 4 rings (SSSR count). The number of carbonyl (C=O) groups is 1. The van der Waals surface area contributed by atoms with Crippen LogP contribution in [0.1, 0.15) is 56.4 Å². The predicted molar refractivity (Wildman–Crippen MR) is 107 cm³/mol. The molecular formula is C20H26N2O2S2. The topological polar surface area (TPSA) is 52.1 Å². The second-order valence-electron chi connectivity index (χ2n) is 7.88. The number of ether oxygens (including phenoxy) is 1. The molecule has 0 unspecified atom stereocenters. The van der Waals surface area contributed by atoms with Crippen molar-refractivity contribution in [2.45, 2.75) is 69.9 Å². The molecule has 1 fully saturated rings. The number of rotatable bonds is 4. The first-order valence-corrected chi connectivity index (χ1v) is 11.5. The Labute approximate surface area is 163 Å². The zero-order chi connectivity index (χ0) is 18.1. The van der Waals surface area contributed by atoms with Gasteiger partial charge < -0.3 is 4.74 Å². The minimum Gasteiger partial charge on any atom is -0.462 e. The average Bonchev–Trinajstić information content (AvgIpc) is 2.98. The van der Waals surface area contributed by atoms with Crippen LogP contribution in [0.5, 0.6) is 0 Å². The highest BCUT2D eigenvalue weighted by atomic mass is 32.2. The van der Waals surface area contributed by atoms with Gasteiger partial charge in [0.2, 0.25) is 0 Å². The van der Waals surface area contributed by atoms with Gasteiger partial charge in [-0.05, 0) is 55.9 Å². The van der Waals surface area contributed by atoms with E-state index in [4.69, 9.17) is 4.74 Å². The van der Waals surface area contributed by atoms with Gasteiger partial charge in [-0.15, -0.1) is 11.3 Å². The van der Waals surface area contributed by atoms with Crippen molar-refractivity contribution in [3.63, 3.8) is 0 Å². The van der Waals surface area contributed by atoms with E-state index in [1.54, 1.807) is 17.7 Å². The highest BCUT2D eigenvalue weighted by Gasteiger charge is 2.25.